The van der Waals surface area contributed by atoms with E-state index in [0.717, 1.165) is 10.9 Å². The van der Waals surface area contributed by atoms with Crippen molar-refractivity contribution in [3.8, 4) is 5.75 Å². The minimum absolute atomic E-state index is 0.176. The fraction of sp³-hybridized carbons (Fsp3) is 0.250. The van der Waals surface area contributed by atoms with Crippen molar-refractivity contribution in [1.82, 2.24) is 4.98 Å². The molecule has 2 aromatic rings. The molecule has 1 aliphatic heterocycles. The zero-order chi connectivity index (χ0) is 11.1. The Bertz CT molecular complexity index is 568. The number of pyridine rings is 1. The van der Waals surface area contributed by atoms with Crippen molar-refractivity contribution in [2.24, 2.45) is 0 Å². The van der Waals surface area contributed by atoms with Crippen molar-refractivity contribution in [3.63, 3.8) is 0 Å². The number of fused-ring (bicyclic) bond motifs is 3. The van der Waals surface area contributed by atoms with Gasteiger partial charge >= 0.3 is 0 Å². The first kappa shape index (κ1) is 9.54. The first-order chi connectivity index (χ1) is 7.75. The largest absolute Gasteiger partial charge is 0.508 e. The number of hydrogen-bond acceptors (Lipinski definition) is 3. The van der Waals surface area contributed by atoms with Crippen molar-refractivity contribution >= 4 is 10.9 Å². The van der Waals surface area contributed by atoms with Gasteiger partial charge in [0, 0.05) is 10.9 Å². The van der Waals surface area contributed by atoms with Gasteiger partial charge in [0.2, 0.25) is 5.95 Å². The predicted octanol–water partition coefficient (Wildman–Crippen LogP) is 2.15. The number of aromatic nitrogens is 1. The molecule has 82 valence electrons. The summed E-state index contributed by atoms with van der Waals surface area (Å²) in [5.41, 5.74) is 2.00. The molecule has 1 aliphatic rings. The Kier molecular flexibility index (Phi) is 2.04. The van der Waals surface area contributed by atoms with E-state index in [9.17, 15) is 9.50 Å². The van der Waals surface area contributed by atoms with Crippen molar-refractivity contribution < 1.29 is 14.2 Å². The van der Waals surface area contributed by atoms with E-state index in [4.69, 9.17) is 4.74 Å². The van der Waals surface area contributed by atoms with E-state index in [-0.39, 0.29) is 12.4 Å². The van der Waals surface area contributed by atoms with E-state index in [1.165, 1.54) is 6.07 Å². The van der Waals surface area contributed by atoms with Crippen LogP contribution in [0.2, 0.25) is 0 Å². The number of halogens is 1. The van der Waals surface area contributed by atoms with E-state index >= 15 is 0 Å². The summed E-state index contributed by atoms with van der Waals surface area (Å²) in [6.45, 7) is 0.848. The SMILES string of the molecule is Oc1ccc2nc(F)c3c(c2c1)CCOC3. The number of aromatic hydroxyl groups is 1. The van der Waals surface area contributed by atoms with Crippen LogP contribution in [0.5, 0.6) is 5.75 Å². The lowest BCUT2D eigenvalue weighted by Crippen LogP contribution is -2.13. The highest BCUT2D eigenvalue weighted by Gasteiger charge is 2.18. The lowest BCUT2D eigenvalue weighted by atomic mass is 9.99. The maximum Gasteiger partial charge on any atom is 0.219 e. The Labute approximate surface area is 91.5 Å². The highest BCUT2D eigenvalue weighted by Crippen LogP contribution is 2.29. The van der Waals surface area contributed by atoms with Crippen LogP contribution in [0.3, 0.4) is 0 Å². The summed E-state index contributed by atoms with van der Waals surface area (Å²) in [4.78, 5) is 3.87. The van der Waals surface area contributed by atoms with E-state index < -0.39 is 5.95 Å². The minimum Gasteiger partial charge on any atom is -0.508 e. The lowest BCUT2D eigenvalue weighted by molar-refractivity contribution is 0.107. The summed E-state index contributed by atoms with van der Waals surface area (Å²) < 4.78 is 18.9. The Morgan fingerprint density at radius 2 is 2.19 bits per heavy atom. The summed E-state index contributed by atoms with van der Waals surface area (Å²) >= 11 is 0. The highest BCUT2D eigenvalue weighted by molar-refractivity contribution is 5.84. The maximum atomic E-state index is 13.6. The average Bonchev–Trinajstić information content (AvgIpc) is 2.31. The second-order valence-electron chi connectivity index (χ2n) is 3.86. The van der Waals surface area contributed by atoms with Crippen LogP contribution >= 0.6 is 0 Å². The van der Waals surface area contributed by atoms with Crippen LogP contribution in [0.1, 0.15) is 11.1 Å². The van der Waals surface area contributed by atoms with Gasteiger partial charge < -0.3 is 9.84 Å². The monoisotopic (exact) mass is 219 g/mol. The van der Waals surface area contributed by atoms with Crippen molar-refractivity contribution in [2.75, 3.05) is 6.61 Å². The molecule has 16 heavy (non-hydrogen) atoms. The fourth-order valence-corrected chi connectivity index (χ4v) is 2.10. The van der Waals surface area contributed by atoms with Gasteiger partial charge in [0.15, 0.2) is 0 Å². The molecule has 1 N–H and O–H groups in total. The van der Waals surface area contributed by atoms with Crippen molar-refractivity contribution in [3.05, 3.63) is 35.3 Å². The van der Waals surface area contributed by atoms with Gasteiger partial charge in [-0.15, -0.1) is 0 Å². The third-order valence-electron chi connectivity index (χ3n) is 2.88. The average molecular weight is 219 g/mol. The van der Waals surface area contributed by atoms with Crippen LogP contribution in [0.4, 0.5) is 4.39 Å². The van der Waals surface area contributed by atoms with Crippen molar-refractivity contribution in [2.45, 2.75) is 13.0 Å². The van der Waals surface area contributed by atoms with Gasteiger partial charge in [-0.2, -0.15) is 4.39 Å². The summed E-state index contributed by atoms with van der Waals surface area (Å²) in [6, 6.07) is 4.77. The van der Waals surface area contributed by atoms with E-state index in [2.05, 4.69) is 4.98 Å². The number of rotatable bonds is 0. The number of ether oxygens (including phenoxy) is 1. The first-order valence-corrected chi connectivity index (χ1v) is 5.13. The normalized spacial score (nSPS) is 15.1. The molecule has 2 heterocycles. The van der Waals surface area contributed by atoms with Crippen LogP contribution in [-0.4, -0.2) is 16.7 Å². The zero-order valence-corrected chi connectivity index (χ0v) is 8.53. The Hall–Kier alpha value is -1.68. The van der Waals surface area contributed by atoms with E-state index in [0.29, 0.717) is 24.1 Å². The van der Waals surface area contributed by atoms with Crippen LogP contribution in [0.15, 0.2) is 18.2 Å². The summed E-state index contributed by atoms with van der Waals surface area (Å²) in [7, 11) is 0. The molecule has 0 amide bonds. The van der Waals surface area contributed by atoms with E-state index in [1.54, 1.807) is 12.1 Å². The molecule has 0 atom stereocenters. The maximum absolute atomic E-state index is 13.6. The third kappa shape index (κ3) is 1.34. The fourth-order valence-electron chi connectivity index (χ4n) is 2.10. The topological polar surface area (TPSA) is 42.4 Å². The molecular weight excluding hydrogens is 209 g/mol. The molecule has 0 bridgehead atoms. The number of nitrogens with zero attached hydrogens (tertiary/aromatic N) is 1. The van der Waals surface area contributed by atoms with Crippen LogP contribution < -0.4 is 0 Å². The molecule has 0 saturated carbocycles. The molecule has 4 heteroatoms. The number of phenols is 1. The first-order valence-electron chi connectivity index (χ1n) is 5.13. The molecule has 3 nitrogen and oxygen atoms in total. The molecule has 3 rings (SSSR count). The Morgan fingerprint density at radius 3 is 3.06 bits per heavy atom. The summed E-state index contributed by atoms with van der Waals surface area (Å²) in [5, 5.41) is 10.3. The molecule has 0 spiro atoms. The van der Waals surface area contributed by atoms with Crippen LogP contribution in [0.25, 0.3) is 10.9 Å². The van der Waals surface area contributed by atoms with Gasteiger partial charge in [-0.1, -0.05) is 0 Å². The summed E-state index contributed by atoms with van der Waals surface area (Å²) in [5.74, 6) is -0.289. The van der Waals surface area contributed by atoms with Gasteiger partial charge in [-0.3, -0.25) is 0 Å². The molecule has 0 aliphatic carbocycles. The van der Waals surface area contributed by atoms with Crippen LogP contribution in [-0.2, 0) is 17.8 Å². The van der Waals surface area contributed by atoms with Gasteiger partial charge in [-0.25, -0.2) is 4.98 Å². The Morgan fingerprint density at radius 1 is 1.31 bits per heavy atom. The predicted molar refractivity (Wildman–Crippen MR) is 56.7 cm³/mol. The molecular formula is C12H10FNO2. The number of benzene rings is 1. The minimum atomic E-state index is -0.465. The molecule has 0 unspecified atom stereocenters. The molecule has 1 aromatic carbocycles. The highest BCUT2D eigenvalue weighted by atomic mass is 19.1. The third-order valence-corrected chi connectivity index (χ3v) is 2.88. The molecule has 0 fully saturated rings. The molecule has 1 aromatic heterocycles. The quantitative estimate of drug-likeness (QED) is 0.690. The lowest BCUT2D eigenvalue weighted by Gasteiger charge is -2.18. The number of hydrogen-bond donors (Lipinski definition) is 1. The second kappa shape index (κ2) is 3.42. The standard InChI is InChI=1S/C12H10FNO2/c13-12-10-6-16-4-3-8(10)9-5-7(15)1-2-11(9)14-12/h1-2,5,15H,3-4,6H2. The summed E-state index contributed by atoms with van der Waals surface area (Å²) in [6.07, 6.45) is 0.661. The molecule has 0 saturated heterocycles. The zero-order valence-electron chi connectivity index (χ0n) is 8.53. The molecule has 0 radical (unpaired) electrons. The Balaban J connectivity index is 2.38. The van der Waals surface area contributed by atoms with Gasteiger partial charge in [0.1, 0.15) is 5.75 Å². The van der Waals surface area contributed by atoms with Crippen LogP contribution in [0, 0.1) is 5.95 Å². The van der Waals surface area contributed by atoms with Crippen molar-refractivity contribution in [1.29, 1.82) is 0 Å². The van der Waals surface area contributed by atoms with Gasteiger partial charge in [-0.05, 0) is 30.2 Å². The smallest absolute Gasteiger partial charge is 0.219 e. The van der Waals surface area contributed by atoms with E-state index in [1.807, 2.05) is 0 Å². The number of phenolic OH excluding ortho intramolecular Hbond substituents is 1. The van der Waals surface area contributed by atoms with Gasteiger partial charge in [0.25, 0.3) is 0 Å². The van der Waals surface area contributed by atoms with Gasteiger partial charge in [0.05, 0.1) is 18.7 Å². The second-order valence-corrected chi connectivity index (χ2v) is 3.86.